The Kier molecular flexibility index (Phi) is 4.31. The standard InChI is InChI=1S/C16H15F3N2O3/c17-16(18,19)11-3-1-2-10(6-11)13(22)8-20-15(23)12-7-14(24-21-12)9-4-5-9/h1-3,6-7,9,13,22H,4-5,8H2,(H,20,23). The van der Waals surface area contributed by atoms with E-state index in [2.05, 4.69) is 10.5 Å². The van der Waals surface area contributed by atoms with Gasteiger partial charge in [-0.15, -0.1) is 0 Å². The largest absolute Gasteiger partial charge is 0.416 e. The van der Waals surface area contributed by atoms with E-state index in [1.165, 1.54) is 12.1 Å². The highest BCUT2D eigenvalue weighted by Crippen LogP contribution is 2.40. The molecule has 3 rings (SSSR count). The monoisotopic (exact) mass is 340 g/mol. The molecule has 1 aliphatic carbocycles. The van der Waals surface area contributed by atoms with Gasteiger partial charge in [0.15, 0.2) is 5.69 Å². The van der Waals surface area contributed by atoms with E-state index >= 15 is 0 Å². The van der Waals surface area contributed by atoms with E-state index in [0.29, 0.717) is 11.7 Å². The smallest absolute Gasteiger partial charge is 0.387 e. The van der Waals surface area contributed by atoms with Crippen LogP contribution in [0.25, 0.3) is 0 Å². The SMILES string of the molecule is O=C(NCC(O)c1cccc(C(F)(F)F)c1)c1cc(C2CC2)on1. The molecule has 1 aliphatic rings. The first kappa shape index (κ1) is 16.5. The van der Waals surface area contributed by atoms with Crippen LogP contribution >= 0.6 is 0 Å². The zero-order valence-corrected chi connectivity index (χ0v) is 12.5. The predicted octanol–water partition coefficient (Wildman–Crippen LogP) is 3.03. The second-order valence-corrected chi connectivity index (χ2v) is 5.74. The fraction of sp³-hybridized carbons (Fsp3) is 0.375. The molecule has 0 bridgehead atoms. The number of hydrogen-bond donors (Lipinski definition) is 2. The Morgan fingerprint density at radius 1 is 1.38 bits per heavy atom. The molecule has 1 saturated carbocycles. The third-order valence-electron chi connectivity index (χ3n) is 3.80. The van der Waals surface area contributed by atoms with Gasteiger partial charge in [0, 0.05) is 18.5 Å². The van der Waals surface area contributed by atoms with Gasteiger partial charge in [-0.25, -0.2) is 0 Å². The molecule has 1 atom stereocenters. The number of aliphatic hydroxyl groups is 1. The molecule has 1 fully saturated rings. The topological polar surface area (TPSA) is 75.4 Å². The maximum atomic E-state index is 12.7. The van der Waals surface area contributed by atoms with Crippen molar-refractivity contribution in [3.8, 4) is 0 Å². The lowest BCUT2D eigenvalue weighted by Crippen LogP contribution is -2.28. The molecule has 5 nitrogen and oxygen atoms in total. The zero-order valence-electron chi connectivity index (χ0n) is 12.5. The van der Waals surface area contributed by atoms with Gasteiger partial charge in [0.1, 0.15) is 5.76 Å². The molecule has 24 heavy (non-hydrogen) atoms. The number of halogens is 3. The van der Waals surface area contributed by atoms with Gasteiger partial charge in [-0.3, -0.25) is 4.79 Å². The third-order valence-corrected chi connectivity index (χ3v) is 3.80. The summed E-state index contributed by atoms with van der Waals surface area (Å²) in [6.07, 6.45) is -3.74. The van der Waals surface area contributed by atoms with Crippen molar-refractivity contribution in [2.45, 2.75) is 31.0 Å². The summed E-state index contributed by atoms with van der Waals surface area (Å²) in [5, 5.41) is 16.1. The van der Waals surface area contributed by atoms with Gasteiger partial charge in [-0.05, 0) is 30.5 Å². The van der Waals surface area contributed by atoms with E-state index in [9.17, 15) is 23.1 Å². The Hall–Kier alpha value is -2.35. The summed E-state index contributed by atoms with van der Waals surface area (Å²) >= 11 is 0. The van der Waals surface area contributed by atoms with Gasteiger partial charge in [-0.1, -0.05) is 17.3 Å². The number of aromatic nitrogens is 1. The number of hydrogen-bond acceptors (Lipinski definition) is 4. The van der Waals surface area contributed by atoms with E-state index in [4.69, 9.17) is 4.52 Å². The molecule has 1 unspecified atom stereocenters. The van der Waals surface area contributed by atoms with Gasteiger partial charge in [0.05, 0.1) is 11.7 Å². The Bertz CT molecular complexity index is 738. The van der Waals surface area contributed by atoms with Crippen molar-refractivity contribution < 1.29 is 27.6 Å². The summed E-state index contributed by atoms with van der Waals surface area (Å²) < 4.78 is 43.1. The van der Waals surface area contributed by atoms with E-state index in [-0.39, 0.29) is 17.8 Å². The fourth-order valence-corrected chi connectivity index (χ4v) is 2.28. The zero-order chi connectivity index (χ0) is 17.3. The minimum atomic E-state index is -4.49. The molecular weight excluding hydrogens is 325 g/mol. The van der Waals surface area contributed by atoms with E-state index in [1.54, 1.807) is 6.07 Å². The van der Waals surface area contributed by atoms with Crippen LogP contribution in [-0.2, 0) is 6.18 Å². The number of carbonyl (C=O) groups excluding carboxylic acids is 1. The van der Waals surface area contributed by atoms with Gasteiger partial charge in [0.2, 0.25) is 0 Å². The Balaban J connectivity index is 1.60. The molecule has 128 valence electrons. The Labute approximate surface area is 135 Å². The van der Waals surface area contributed by atoms with Crippen LogP contribution in [0.1, 0.15) is 52.2 Å². The summed E-state index contributed by atoms with van der Waals surface area (Å²) in [5.41, 5.74) is -0.687. The van der Waals surface area contributed by atoms with Crippen molar-refractivity contribution in [2.24, 2.45) is 0 Å². The van der Waals surface area contributed by atoms with Crippen molar-refractivity contribution in [3.63, 3.8) is 0 Å². The number of nitrogens with one attached hydrogen (secondary N) is 1. The number of nitrogens with zero attached hydrogens (tertiary/aromatic N) is 1. The van der Waals surface area contributed by atoms with Crippen LogP contribution in [0.3, 0.4) is 0 Å². The van der Waals surface area contributed by atoms with Crippen LogP contribution in [-0.4, -0.2) is 22.7 Å². The number of aliphatic hydroxyl groups excluding tert-OH is 1. The summed E-state index contributed by atoms with van der Waals surface area (Å²) in [6, 6.07) is 5.90. The molecule has 0 saturated heterocycles. The number of amides is 1. The summed E-state index contributed by atoms with van der Waals surface area (Å²) in [5.74, 6) is 0.421. The third kappa shape index (κ3) is 3.76. The minimum Gasteiger partial charge on any atom is -0.387 e. The summed E-state index contributed by atoms with van der Waals surface area (Å²) in [6.45, 7) is -0.230. The molecule has 1 aromatic heterocycles. The van der Waals surface area contributed by atoms with E-state index < -0.39 is 23.8 Å². The Morgan fingerprint density at radius 3 is 2.79 bits per heavy atom. The molecule has 0 spiro atoms. The first-order valence-corrected chi connectivity index (χ1v) is 7.44. The predicted molar refractivity (Wildman–Crippen MR) is 77.2 cm³/mol. The highest BCUT2D eigenvalue weighted by atomic mass is 19.4. The van der Waals surface area contributed by atoms with Crippen LogP contribution in [0.2, 0.25) is 0 Å². The number of alkyl halides is 3. The second kappa shape index (κ2) is 6.27. The van der Waals surface area contributed by atoms with Gasteiger partial charge in [0.25, 0.3) is 5.91 Å². The maximum Gasteiger partial charge on any atom is 0.416 e. The maximum absolute atomic E-state index is 12.7. The number of carbonyl (C=O) groups is 1. The van der Waals surface area contributed by atoms with E-state index in [0.717, 1.165) is 25.0 Å². The molecule has 1 aromatic carbocycles. The van der Waals surface area contributed by atoms with Crippen molar-refractivity contribution in [2.75, 3.05) is 6.54 Å². The quantitative estimate of drug-likeness (QED) is 0.877. The van der Waals surface area contributed by atoms with Crippen LogP contribution in [0.5, 0.6) is 0 Å². The molecule has 2 N–H and O–H groups in total. The summed E-state index contributed by atoms with van der Waals surface area (Å²) in [4.78, 5) is 11.9. The van der Waals surface area contributed by atoms with Gasteiger partial charge in [-0.2, -0.15) is 13.2 Å². The molecular formula is C16H15F3N2O3. The van der Waals surface area contributed by atoms with Crippen molar-refractivity contribution in [3.05, 3.63) is 52.9 Å². The second-order valence-electron chi connectivity index (χ2n) is 5.74. The van der Waals surface area contributed by atoms with Crippen molar-refractivity contribution in [1.82, 2.24) is 10.5 Å². The minimum absolute atomic E-state index is 0.0731. The molecule has 1 amide bonds. The molecule has 1 heterocycles. The van der Waals surface area contributed by atoms with Crippen molar-refractivity contribution >= 4 is 5.91 Å². The lowest BCUT2D eigenvalue weighted by Gasteiger charge is -2.14. The van der Waals surface area contributed by atoms with Crippen LogP contribution in [0, 0.1) is 0 Å². The average Bonchev–Trinajstić information content (AvgIpc) is 3.28. The summed E-state index contributed by atoms with van der Waals surface area (Å²) in [7, 11) is 0. The van der Waals surface area contributed by atoms with Crippen LogP contribution < -0.4 is 5.32 Å². The lowest BCUT2D eigenvalue weighted by atomic mass is 10.1. The highest BCUT2D eigenvalue weighted by Gasteiger charge is 2.31. The Morgan fingerprint density at radius 2 is 2.12 bits per heavy atom. The van der Waals surface area contributed by atoms with Crippen LogP contribution in [0.4, 0.5) is 13.2 Å². The van der Waals surface area contributed by atoms with E-state index in [1.807, 2.05) is 0 Å². The lowest BCUT2D eigenvalue weighted by molar-refractivity contribution is -0.137. The normalized spacial score (nSPS) is 16.0. The fourth-order valence-electron chi connectivity index (χ4n) is 2.28. The number of rotatable bonds is 5. The van der Waals surface area contributed by atoms with Gasteiger partial charge < -0.3 is 14.9 Å². The first-order valence-electron chi connectivity index (χ1n) is 7.44. The highest BCUT2D eigenvalue weighted by molar-refractivity contribution is 5.92. The molecule has 0 radical (unpaired) electrons. The average molecular weight is 340 g/mol. The molecule has 8 heteroatoms. The molecule has 2 aromatic rings. The van der Waals surface area contributed by atoms with Crippen molar-refractivity contribution in [1.29, 1.82) is 0 Å². The van der Waals surface area contributed by atoms with Crippen LogP contribution in [0.15, 0.2) is 34.9 Å². The number of benzene rings is 1. The first-order chi connectivity index (χ1) is 11.3. The van der Waals surface area contributed by atoms with Gasteiger partial charge >= 0.3 is 6.18 Å². The molecule has 0 aliphatic heterocycles.